The first-order chi connectivity index (χ1) is 11.4. The molecule has 0 saturated heterocycles. The van der Waals surface area contributed by atoms with E-state index < -0.39 is 10.0 Å². The Balaban J connectivity index is 2.13. The molecule has 6 heteroatoms. The highest BCUT2D eigenvalue weighted by Crippen LogP contribution is 2.17. The molecule has 0 heterocycles. The Morgan fingerprint density at radius 3 is 2.21 bits per heavy atom. The van der Waals surface area contributed by atoms with E-state index in [0.29, 0.717) is 5.56 Å². The van der Waals surface area contributed by atoms with Crippen molar-refractivity contribution >= 4 is 15.8 Å². The molecule has 0 aliphatic heterocycles. The van der Waals surface area contributed by atoms with Gasteiger partial charge in [0.05, 0.1) is 11.5 Å². The molecule has 0 unspecified atom stereocenters. The molecular weight excluding hydrogens is 326 g/mol. The maximum absolute atomic E-state index is 12.7. The molecule has 2 rings (SSSR count). The number of carbonyl (C=O) groups is 1. The molecule has 0 saturated carbocycles. The first-order valence-corrected chi connectivity index (χ1v) is 9.15. The quantitative estimate of drug-likeness (QED) is 0.743. The van der Waals surface area contributed by atoms with Gasteiger partial charge >= 0.3 is 0 Å². The van der Waals surface area contributed by atoms with Crippen molar-refractivity contribution in [1.82, 2.24) is 4.31 Å². The second-order valence-electron chi connectivity index (χ2n) is 5.48. The topological polar surface area (TPSA) is 74.7 Å². The molecule has 0 atom stereocenters. The van der Waals surface area contributed by atoms with Crippen LogP contribution in [0.1, 0.15) is 22.3 Å². The monoisotopic (exact) mass is 347 g/mol. The zero-order valence-electron chi connectivity index (χ0n) is 13.6. The van der Waals surface area contributed by atoms with E-state index in [2.05, 4.69) is 0 Å². The third-order valence-corrected chi connectivity index (χ3v) is 5.61. The normalized spacial score (nSPS) is 11.6. The molecule has 0 fully saturated rings. The van der Waals surface area contributed by atoms with Gasteiger partial charge in [-0.15, -0.1) is 0 Å². The fraction of sp³-hybridized carbons (Fsp3) is 0.278. The highest BCUT2D eigenvalue weighted by molar-refractivity contribution is 7.89. The van der Waals surface area contributed by atoms with Gasteiger partial charge in [-0.25, -0.2) is 8.42 Å². The molecule has 0 aromatic heterocycles. The van der Waals surface area contributed by atoms with Gasteiger partial charge in [0.25, 0.3) is 0 Å². The number of Topliss-reactive ketones (excluding diaryl/α,β-unsaturated/α-hetero) is 1. The van der Waals surface area contributed by atoms with E-state index >= 15 is 0 Å². The summed E-state index contributed by atoms with van der Waals surface area (Å²) < 4.78 is 26.5. The van der Waals surface area contributed by atoms with Gasteiger partial charge in [-0.1, -0.05) is 48.0 Å². The van der Waals surface area contributed by atoms with Crippen molar-refractivity contribution in [3.63, 3.8) is 0 Å². The van der Waals surface area contributed by atoms with Crippen molar-refractivity contribution in [3.05, 3.63) is 65.7 Å². The Kier molecular flexibility index (Phi) is 6.25. The lowest BCUT2D eigenvalue weighted by Crippen LogP contribution is -2.35. The van der Waals surface area contributed by atoms with Crippen molar-refractivity contribution in [3.8, 4) is 0 Å². The summed E-state index contributed by atoms with van der Waals surface area (Å²) in [5.74, 6) is -0.127. The number of aryl methyl sites for hydroxylation is 1. The SMILES string of the molecule is Cc1ccc(S(=O)(=O)N(CCO)CCC(=O)c2ccccc2)cc1. The predicted octanol–water partition coefficient (Wildman–Crippen LogP) is 2.25. The minimum absolute atomic E-state index is 0.0322. The standard InChI is InChI=1S/C18H21NO4S/c1-15-7-9-17(10-8-15)24(22,23)19(13-14-20)12-11-18(21)16-5-3-2-4-6-16/h2-10,20H,11-14H2,1H3. The summed E-state index contributed by atoms with van der Waals surface area (Å²) >= 11 is 0. The second kappa shape index (κ2) is 8.19. The molecular formula is C18H21NO4S. The fourth-order valence-corrected chi connectivity index (χ4v) is 3.75. The van der Waals surface area contributed by atoms with E-state index in [4.69, 9.17) is 0 Å². The van der Waals surface area contributed by atoms with Crippen LogP contribution in [0.4, 0.5) is 0 Å². The van der Waals surface area contributed by atoms with Gasteiger partial charge in [0, 0.05) is 25.1 Å². The number of aliphatic hydroxyl groups excluding tert-OH is 1. The van der Waals surface area contributed by atoms with Gasteiger partial charge in [-0.05, 0) is 19.1 Å². The molecule has 0 radical (unpaired) electrons. The second-order valence-corrected chi connectivity index (χ2v) is 7.42. The number of aliphatic hydroxyl groups is 1. The summed E-state index contributed by atoms with van der Waals surface area (Å²) in [4.78, 5) is 12.3. The molecule has 5 nitrogen and oxygen atoms in total. The van der Waals surface area contributed by atoms with E-state index in [1.807, 2.05) is 13.0 Å². The number of benzene rings is 2. The highest BCUT2D eigenvalue weighted by Gasteiger charge is 2.24. The number of ketones is 1. The van der Waals surface area contributed by atoms with Crippen molar-refractivity contribution in [2.45, 2.75) is 18.2 Å². The molecule has 128 valence electrons. The first-order valence-electron chi connectivity index (χ1n) is 7.71. The maximum atomic E-state index is 12.7. The molecule has 0 aliphatic rings. The van der Waals surface area contributed by atoms with Crippen molar-refractivity contribution in [2.24, 2.45) is 0 Å². The van der Waals surface area contributed by atoms with Crippen LogP contribution in [0.25, 0.3) is 0 Å². The Labute approximate surface area is 142 Å². The van der Waals surface area contributed by atoms with Gasteiger partial charge in [-0.3, -0.25) is 4.79 Å². The average molecular weight is 347 g/mol. The van der Waals surface area contributed by atoms with Gasteiger partial charge < -0.3 is 5.11 Å². The van der Waals surface area contributed by atoms with Gasteiger partial charge in [0.15, 0.2) is 5.78 Å². The minimum Gasteiger partial charge on any atom is -0.395 e. The third kappa shape index (κ3) is 4.50. The molecule has 1 N–H and O–H groups in total. The van der Waals surface area contributed by atoms with Crippen LogP contribution in [-0.4, -0.2) is 43.3 Å². The summed E-state index contributed by atoms with van der Waals surface area (Å²) in [6.07, 6.45) is 0.0646. The Morgan fingerprint density at radius 2 is 1.62 bits per heavy atom. The fourth-order valence-electron chi connectivity index (χ4n) is 2.32. The van der Waals surface area contributed by atoms with Crippen LogP contribution in [0.2, 0.25) is 0 Å². The summed E-state index contributed by atoms with van der Waals surface area (Å²) in [6, 6.07) is 15.3. The Hall–Kier alpha value is -2.02. The van der Waals surface area contributed by atoms with Crippen LogP contribution in [0.5, 0.6) is 0 Å². The molecule has 0 aliphatic carbocycles. The zero-order valence-corrected chi connectivity index (χ0v) is 14.4. The maximum Gasteiger partial charge on any atom is 0.243 e. The van der Waals surface area contributed by atoms with Gasteiger partial charge in [-0.2, -0.15) is 4.31 Å². The number of hydrogen-bond donors (Lipinski definition) is 1. The van der Waals surface area contributed by atoms with Crippen LogP contribution in [0, 0.1) is 6.92 Å². The molecule has 0 amide bonds. The van der Waals surface area contributed by atoms with Crippen LogP contribution in [-0.2, 0) is 10.0 Å². The molecule has 0 bridgehead atoms. The third-order valence-electron chi connectivity index (χ3n) is 3.69. The van der Waals surface area contributed by atoms with E-state index in [1.165, 1.54) is 12.1 Å². The summed E-state index contributed by atoms with van der Waals surface area (Å²) in [5, 5.41) is 9.18. The smallest absolute Gasteiger partial charge is 0.243 e. The Bertz CT molecular complexity index is 770. The number of rotatable bonds is 8. The molecule has 24 heavy (non-hydrogen) atoms. The molecule has 2 aromatic rings. The van der Waals surface area contributed by atoms with Crippen molar-refractivity contribution in [2.75, 3.05) is 19.7 Å². The van der Waals surface area contributed by atoms with E-state index in [0.717, 1.165) is 9.87 Å². The number of hydrogen-bond acceptors (Lipinski definition) is 4. The number of nitrogens with zero attached hydrogens (tertiary/aromatic N) is 1. The Morgan fingerprint density at radius 1 is 1.00 bits per heavy atom. The largest absolute Gasteiger partial charge is 0.395 e. The van der Waals surface area contributed by atoms with E-state index in [-0.39, 0.29) is 36.8 Å². The summed E-state index contributed by atoms with van der Waals surface area (Å²) in [7, 11) is -3.74. The summed E-state index contributed by atoms with van der Waals surface area (Å²) in [6.45, 7) is 1.56. The first kappa shape index (κ1) is 18.3. The van der Waals surface area contributed by atoms with Crippen LogP contribution in [0.15, 0.2) is 59.5 Å². The lowest BCUT2D eigenvalue weighted by atomic mass is 10.1. The summed E-state index contributed by atoms with van der Waals surface area (Å²) in [5.41, 5.74) is 1.51. The van der Waals surface area contributed by atoms with Crippen LogP contribution in [0.3, 0.4) is 0 Å². The minimum atomic E-state index is -3.74. The van der Waals surface area contributed by atoms with Crippen molar-refractivity contribution < 1.29 is 18.3 Å². The molecule has 0 spiro atoms. The van der Waals surface area contributed by atoms with Crippen molar-refractivity contribution in [1.29, 1.82) is 0 Å². The van der Waals surface area contributed by atoms with Gasteiger partial charge in [0.1, 0.15) is 0 Å². The highest BCUT2D eigenvalue weighted by atomic mass is 32.2. The predicted molar refractivity (Wildman–Crippen MR) is 92.4 cm³/mol. The number of sulfonamides is 1. The van der Waals surface area contributed by atoms with E-state index in [1.54, 1.807) is 36.4 Å². The zero-order chi connectivity index (χ0) is 17.6. The lowest BCUT2D eigenvalue weighted by molar-refractivity contribution is 0.0974. The van der Waals surface area contributed by atoms with Crippen LogP contribution >= 0.6 is 0 Å². The number of carbonyl (C=O) groups excluding carboxylic acids is 1. The average Bonchev–Trinajstić information content (AvgIpc) is 2.59. The lowest BCUT2D eigenvalue weighted by Gasteiger charge is -2.21. The molecule has 2 aromatic carbocycles. The van der Waals surface area contributed by atoms with Gasteiger partial charge in [0.2, 0.25) is 10.0 Å². The van der Waals surface area contributed by atoms with E-state index in [9.17, 15) is 18.3 Å². The van der Waals surface area contributed by atoms with Crippen LogP contribution < -0.4 is 0 Å².